The van der Waals surface area contributed by atoms with Crippen molar-refractivity contribution in [2.24, 2.45) is 0 Å². The Labute approximate surface area is 155 Å². The van der Waals surface area contributed by atoms with Crippen molar-refractivity contribution in [1.82, 2.24) is 9.88 Å². The van der Waals surface area contributed by atoms with Crippen molar-refractivity contribution in [3.8, 4) is 17.2 Å². The van der Waals surface area contributed by atoms with Crippen molar-refractivity contribution in [1.29, 1.82) is 5.26 Å². The van der Waals surface area contributed by atoms with Crippen LogP contribution in [-0.2, 0) is 16.0 Å². The Balaban J connectivity index is 1.85. The summed E-state index contributed by atoms with van der Waals surface area (Å²) in [5.41, 5.74) is 1.83. The van der Waals surface area contributed by atoms with E-state index in [1.54, 1.807) is 24.3 Å². The van der Waals surface area contributed by atoms with E-state index in [1.807, 2.05) is 6.07 Å². The lowest BCUT2D eigenvalue weighted by molar-refractivity contribution is -0.134. The molecule has 1 aliphatic heterocycles. The summed E-state index contributed by atoms with van der Waals surface area (Å²) >= 11 is 0. The number of carbonyl (C=O) groups is 2. The van der Waals surface area contributed by atoms with Crippen LogP contribution in [0.4, 0.5) is 14.9 Å². The van der Waals surface area contributed by atoms with E-state index in [0.717, 1.165) is 0 Å². The summed E-state index contributed by atoms with van der Waals surface area (Å²) in [4.78, 5) is 30.2. The molecule has 27 heavy (non-hydrogen) atoms. The Bertz CT molecular complexity index is 941. The zero-order valence-electron chi connectivity index (χ0n) is 14.8. The number of ether oxygens (including phenoxy) is 1. The van der Waals surface area contributed by atoms with Crippen LogP contribution in [0.3, 0.4) is 0 Å². The fourth-order valence-corrected chi connectivity index (χ4v) is 2.79. The Kier molecular flexibility index (Phi) is 5.03. The van der Waals surface area contributed by atoms with Crippen LogP contribution in [0.15, 0.2) is 36.5 Å². The smallest absolute Gasteiger partial charge is 0.416 e. The number of pyridine rings is 1. The van der Waals surface area contributed by atoms with Crippen molar-refractivity contribution in [2.45, 2.75) is 19.6 Å². The minimum Gasteiger partial charge on any atom is -0.423 e. The second kappa shape index (κ2) is 7.41. The van der Waals surface area contributed by atoms with E-state index in [4.69, 9.17) is 10.00 Å². The lowest BCUT2D eigenvalue weighted by atomic mass is 10.0. The summed E-state index contributed by atoms with van der Waals surface area (Å²) in [5.74, 6) is -0.750. The van der Waals surface area contributed by atoms with Crippen molar-refractivity contribution in [2.75, 3.05) is 18.5 Å². The monoisotopic (exact) mass is 368 g/mol. The molecule has 0 saturated carbocycles. The topological polar surface area (TPSA) is 86.5 Å². The van der Waals surface area contributed by atoms with Gasteiger partial charge >= 0.3 is 6.09 Å². The van der Waals surface area contributed by atoms with Crippen LogP contribution in [0.2, 0.25) is 0 Å². The van der Waals surface area contributed by atoms with Crippen LogP contribution in [-0.4, -0.2) is 41.7 Å². The van der Waals surface area contributed by atoms with E-state index < -0.39 is 18.1 Å². The lowest BCUT2D eigenvalue weighted by Gasteiger charge is -2.20. The first-order valence-electron chi connectivity index (χ1n) is 8.24. The molecule has 0 N–H and O–H groups in total. The Morgan fingerprint density at radius 3 is 2.89 bits per heavy atom. The van der Waals surface area contributed by atoms with E-state index in [9.17, 15) is 14.0 Å². The van der Waals surface area contributed by atoms with Crippen molar-refractivity contribution in [3.63, 3.8) is 0 Å². The van der Waals surface area contributed by atoms with Crippen LogP contribution in [0.1, 0.15) is 12.6 Å². The van der Waals surface area contributed by atoms with E-state index in [2.05, 4.69) is 4.98 Å². The predicted molar refractivity (Wildman–Crippen MR) is 95.0 cm³/mol. The minimum atomic E-state index is -0.716. The third kappa shape index (κ3) is 3.72. The van der Waals surface area contributed by atoms with Crippen LogP contribution in [0.25, 0.3) is 11.1 Å². The number of hydrogen-bond acceptors (Lipinski definition) is 5. The molecule has 2 amide bonds. The van der Waals surface area contributed by atoms with Gasteiger partial charge in [-0.05, 0) is 35.9 Å². The van der Waals surface area contributed by atoms with Gasteiger partial charge in [0, 0.05) is 25.7 Å². The van der Waals surface area contributed by atoms with Gasteiger partial charge in [-0.25, -0.2) is 9.18 Å². The number of benzene rings is 1. The molecule has 7 nitrogen and oxygen atoms in total. The average Bonchev–Trinajstić information content (AvgIpc) is 3.03. The van der Waals surface area contributed by atoms with Gasteiger partial charge in [0.2, 0.25) is 5.91 Å². The molecule has 2 heterocycles. The molecule has 1 atom stereocenters. The van der Waals surface area contributed by atoms with Crippen LogP contribution in [0, 0.1) is 17.1 Å². The first-order valence-corrected chi connectivity index (χ1v) is 8.24. The highest BCUT2D eigenvalue weighted by atomic mass is 19.1. The van der Waals surface area contributed by atoms with Gasteiger partial charge in [0.1, 0.15) is 5.82 Å². The van der Waals surface area contributed by atoms with Crippen molar-refractivity contribution in [3.05, 3.63) is 48.0 Å². The maximum atomic E-state index is 14.7. The summed E-state index contributed by atoms with van der Waals surface area (Å²) in [6.07, 6.45) is 0.306. The maximum Gasteiger partial charge on any atom is 0.416 e. The number of nitrogens with zero attached hydrogens (tertiary/aromatic N) is 4. The van der Waals surface area contributed by atoms with Gasteiger partial charge in [-0.1, -0.05) is 0 Å². The Hall–Kier alpha value is -3.47. The first kappa shape index (κ1) is 18.3. The highest BCUT2D eigenvalue weighted by molar-refractivity contribution is 5.90. The molecule has 1 saturated heterocycles. The van der Waals surface area contributed by atoms with E-state index in [1.165, 1.54) is 36.0 Å². The SMILES string of the molecule is CC(=O)N(C)[C@@H]1CN(c2ccc(-c3ccnc(CC#N)c3)c(F)c2)C(=O)O1. The molecule has 138 valence electrons. The van der Waals surface area contributed by atoms with E-state index in [-0.39, 0.29) is 18.9 Å². The van der Waals surface area contributed by atoms with Crippen molar-refractivity contribution < 1.29 is 18.7 Å². The van der Waals surface area contributed by atoms with Gasteiger partial charge in [0.05, 0.1) is 30.4 Å². The molecule has 0 radical (unpaired) electrons. The molecule has 1 aromatic carbocycles. The van der Waals surface area contributed by atoms with Crippen molar-refractivity contribution >= 4 is 17.7 Å². The number of hydrogen-bond donors (Lipinski definition) is 0. The standard InChI is InChI=1S/C19H17FN4O3/c1-12(25)23(2)18-11-24(19(26)27-18)15-3-4-16(17(20)10-15)13-6-8-22-14(9-13)5-7-21/h3-4,6,8-10,18H,5,11H2,1-2H3/t18-/m0/s1. The molecule has 0 bridgehead atoms. The number of nitriles is 1. The molecule has 1 aliphatic rings. The normalized spacial score (nSPS) is 16.0. The maximum absolute atomic E-state index is 14.7. The molecule has 3 rings (SSSR count). The Morgan fingerprint density at radius 1 is 1.44 bits per heavy atom. The predicted octanol–water partition coefficient (Wildman–Crippen LogP) is 2.71. The Morgan fingerprint density at radius 2 is 2.22 bits per heavy atom. The zero-order chi connectivity index (χ0) is 19.6. The van der Waals surface area contributed by atoms with Gasteiger partial charge in [-0.2, -0.15) is 5.26 Å². The molecule has 0 aliphatic carbocycles. The van der Waals surface area contributed by atoms with Gasteiger partial charge in [0.25, 0.3) is 0 Å². The first-order chi connectivity index (χ1) is 12.9. The van der Waals surface area contributed by atoms with Gasteiger partial charge < -0.3 is 9.64 Å². The summed E-state index contributed by atoms with van der Waals surface area (Å²) in [7, 11) is 1.54. The molecular formula is C19H17FN4O3. The molecule has 8 heteroatoms. The molecule has 1 fully saturated rings. The molecule has 0 spiro atoms. The number of amides is 2. The van der Waals surface area contributed by atoms with Gasteiger partial charge in [-0.3, -0.25) is 14.7 Å². The highest BCUT2D eigenvalue weighted by Gasteiger charge is 2.36. The fraction of sp³-hybridized carbons (Fsp3) is 0.263. The largest absolute Gasteiger partial charge is 0.423 e. The van der Waals surface area contributed by atoms with E-state index in [0.29, 0.717) is 22.5 Å². The number of halogens is 1. The lowest BCUT2D eigenvalue weighted by Crippen LogP contribution is -2.38. The van der Waals surface area contributed by atoms with Crippen LogP contribution in [0.5, 0.6) is 0 Å². The number of carbonyl (C=O) groups excluding carboxylic acids is 2. The molecular weight excluding hydrogens is 351 g/mol. The van der Waals surface area contributed by atoms with E-state index >= 15 is 0 Å². The second-order valence-electron chi connectivity index (χ2n) is 6.11. The summed E-state index contributed by atoms with van der Waals surface area (Å²) in [6, 6.07) is 9.74. The zero-order valence-corrected chi connectivity index (χ0v) is 14.8. The third-order valence-corrected chi connectivity index (χ3v) is 4.38. The number of cyclic esters (lactones) is 1. The number of anilines is 1. The molecule has 1 aromatic heterocycles. The summed E-state index contributed by atoms with van der Waals surface area (Å²) in [5, 5.41) is 8.78. The van der Waals surface area contributed by atoms with Crippen LogP contribution < -0.4 is 4.90 Å². The average molecular weight is 368 g/mol. The number of rotatable bonds is 4. The molecule has 0 unspecified atom stereocenters. The summed E-state index contributed by atoms with van der Waals surface area (Å²) < 4.78 is 19.9. The number of aromatic nitrogens is 1. The van der Waals surface area contributed by atoms with Gasteiger partial charge in [0.15, 0.2) is 6.23 Å². The minimum absolute atomic E-state index is 0.120. The fourth-order valence-electron chi connectivity index (χ4n) is 2.79. The molecule has 2 aromatic rings. The summed E-state index contributed by atoms with van der Waals surface area (Å²) in [6.45, 7) is 1.50. The quantitative estimate of drug-likeness (QED) is 0.828. The van der Waals surface area contributed by atoms with Gasteiger partial charge in [-0.15, -0.1) is 0 Å². The highest BCUT2D eigenvalue weighted by Crippen LogP contribution is 2.29. The number of likely N-dealkylation sites (N-methyl/N-ethyl adjacent to an activating group) is 1. The third-order valence-electron chi connectivity index (χ3n) is 4.38. The second-order valence-corrected chi connectivity index (χ2v) is 6.11. The van der Waals surface area contributed by atoms with Crippen LogP contribution >= 0.6 is 0 Å².